The van der Waals surface area contributed by atoms with Gasteiger partial charge in [0.25, 0.3) is 5.91 Å². The molecule has 1 fully saturated rings. The van der Waals surface area contributed by atoms with Gasteiger partial charge in [0, 0.05) is 37.9 Å². The number of likely N-dealkylation sites (tertiary alicyclic amines) is 1. The number of furan rings is 2. The van der Waals surface area contributed by atoms with Crippen LogP contribution in [-0.4, -0.2) is 39.7 Å². The summed E-state index contributed by atoms with van der Waals surface area (Å²) in [6, 6.07) is 10.9. The van der Waals surface area contributed by atoms with Crippen molar-refractivity contribution in [2.75, 3.05) is 13.1 Å². The molecular weight excluding hydrogens is 370 g/mol. The van der Waals surface area contributed by atoms with Crippen LogP contribution in [0.15, 0.2) is 70.2 Å². The van der Waals surface area contributed by atoms with E-state index in [2.05, 4.69) is 4.98 Å². The van der Waals surface area contributed by atoms with Crippen LogP contribution in [0.2, 0.25) is 0 Å². The first-order valence-corrected chi connectivity index (χ1v) is 9.73. The minimum atomic E-state index is -0.123. The summed E-state index contributed by atoms with van der Waals surface area (Å²) in [7, 11) is 0. The largest absolute Gasteiger partial charge is 0.467 e. The maximum atomic E-state index is 13.3. The second-order valence-corrected chi connectivity index (χ2v) is 7.18. The van der Waals surface area contributed by atoms with Gasteiger partial charge in [-0.15, -0.1) is 0 Å². The Labute approximate surface area is 168 Å². The molecule has 1 aliphatic rings. The Morgan fingerprint density at radius 3 is 2.48 bits per heavy atom. The predicted octanol–water partition coefficient (Wildman–Crippen LogP) is 3.35. The topological polar surface area (TPSA) is 79.8 Å². The van der Waals surface area contributed by atoms with Crippen LogP contribution in [0.4, 0.5) is 0 Å². The van der Waals surface area contributed by atoms with Gasteiger partial charge in [0.1, 0.15) is 5.76 Å². The van der Waals surface area contributed by atoms with Crippen LogP contribution in [0, 0.1) is 5.92 Å². The Bertz CT molecular complexity index is 914. The fourth-order valence-corrected chi connectivity index (χ4v) is 3.66. The molecule has 1 aliphatic heterocycles. The molecule has 0 atom stereocenters. The molecule has 7 heteroatoms. The van der Waals surface area contributed by atoms with Crippen LogP contribution in [0.5, 0.6) is 0 Å². The van der Waals surface area contributed by atoms with Crippen molar-refractivity contribution >= 4 is 11.8 Å². The first-order valence-electron chi connectivity index (χ1n) is 9.73. The number of amides is 2. The van der Waals surface area contributed by atoms with Gasteiger partial charge in [-0.2, -0.15) is 0 Å². The van der Waals surface area contributed by atoms with E-state index in [-0.39, 0.29) is 17.7 Å². The second kappa shape index (κ2) is 8.77. The van der Waals surface area contributed by atoms with Crippen molar-refractivity contribution < 1.29 is 18.4 Å². The van der Waals surface area contributed by atoms with Crippen LogP contribution in [0.25, 0.3) is 0 Å². The highest BCUT2D eigenvalue weighted by molar-refractivity contribution is 5.91. The summed E-state index contributed by atoms with van der Waals surface area (Å²) in [5, 5.41) is 0. The molecule has 1 saturated heterocycles. The standard InChI is InChI=1S/C22H23N3O4/c26-21(18-7-10-24(11-8-18)22(27)20-6-3-13-29-20)25(16-19-5-2-12-28-19)15-17-4-1-9-23-14-17/h1-6,9,12-14,18H,7-8,10-11,15-16H2. The van der Waals surface area contributed by atoms with Gasteiger partial charge in [-0.25, -0.2) is 0 Å². The van der Waals surface area contributed by atoms with Gasteiger partial charge in [-0.3, -0.25) is 14.6 Å². The van der Waals surface area contributed by atoms with Crippen molar-refractivity contribution in [3.63, 3.8) is 0 Å². The molecule has 0 spiro atoms. The number of carbonyl (C=O) groups excluding carboxylic acids is 2. The smallest absolute Gasteiger partial charge is 0.289 e. The van der Waals surface area contributed by atoms with Gasteiger partial charge in [0.15, 0.2) is 5.76 Å². The van der Waals surface area contributed by atoms with E-state index in [9.17, 15) is 9.59 Å². The molecular formula is C22H23N3O4. The molecule has 0 bridgehead atoms. The number of piperidine rings is 1. The summed E-state index contributed by atoms with van der Waals surface area (Å²) in [5.41, 5.74) is 0.970. The fourth-order valence-electron chi connectivity index (χ4n) is 3.66. The van der Waals surface area contributed by atoms with Gasteiger partial charge in [0.05, 0.1) is 19.1 Å². The normalized spacial score (nSPS) is 14.7. The minimum Gasteiger partial charge on any atom is -0.467 e. The third-order valence-corrected chi connectivity index (χ3v) is 5.20. The maximum absolute atomic E-state index is 13.3. The summed E-state index contributed by atoms with van der Waals surface area (Å²) >= 11 is 0. The quantitative estimate of drug-likeness (QED) is 0.642. The zero-order valence-corrected chi connectivity index (χ0v) is 16.1. The number of rotatable bonds is 6. The Morgan fingerprint density at radius 1 is 1.03 bits per heavy atom. The highest BCUT2D eigenvalue weighted by Gasteiger charge is 2.31. The van der Waals surface area contributed by atoms with E-state index in [4.69, 9.17) is 8.83 Å². The van der Waals surface area contributed by atoms with Gasteiger partial charge in [-0.05, 0) is 48.7 Å². The molecule has 0 saturated carbocycles. The molecule has 29 heavy (non-hydrogen) atoms. The van der Waals surface area contributed by atoms with Crippen LogP contribution >= 0.6 is 0 Å². The summed E-state index contributed by atoms with van der Waals surface area (Å²) in [6.45, 7) is 1.96. The number of hydrogen-bond acceptors (Lipinski definition) is 5. The molecule has 3 aromatic heterocycles. The molecule has 4 rings (SSSR count). The minimum absolute atomic E-state index is 0.0790. The van der Waals surface area contributed by atoms with Gasteiger partial charge >= 0.3 is 0 Å². The monoisotopic (exact) mass is 393 g/mol. The molecule has 0 aliphatic carbocycles. The summed E-state index contributed by atoms with van der Waals surface area (Å²) < 4.78 is 10.7. The third kappa shape index (κ3) is 4.56. The van der Waals surface area contributed by atoms with Crippen molar-refractivity contribution in [2.24, 2.45) is 5.92 Å². The van der Waals surface area contributed by atoms with Crippen LogP contribution in [0.3, 0.4) is 0 Å². The van der Waals surface area contributed by atoms with E-state index in [0.717, 1.165) is 11.3 Å². The molecule has 3 aromatic rings. The first kappa shape index (κ1) is 19.0. The lowest BCUT2D eigenvalue weighted by Gasteiger charge is -2.33. The molecule has 0 aromatic carbocycles. The summed E-state index contributed by atoms with van der Waals surface area (Å²) in [4.78, 5) is 33.4. The highest BCUT2D eigenvalue weighted by atomic mass is 16.3. The molecule has 4 heterocycles. The van der Waals surface area contributed by atoms with E-state index in [1.807, 2.05) is 29.2 Å². The van der Waals surface area contributed by atoms with Crippen molar-refractivity contribution in [2.45, 2.75) is 25.9 Å². The molecule has 150 valence electrons. The van der Waals surface area contributed by atoms with Crippen LogP contribution < -0.4 is 0 Å². The lowest BCUT2D eigenvalue weighted by Crippen LogP contribution is -2.44. The van der Waals surface area contributed by atoms with E-state index in [0.29, 0.717) is 44.8 Å². The molecule has 0 radical (unpaired) electrons. The Balaban J connectivity index is 1.41. The fraction of sp³-hybridized carbons (Fsp3) is 0.318. The van der Waals surface area contributed by atoms with E-state index >= 15 is 0 Å². The number of nitrogens with zero attached hydrogens (tertiary/aromatic N) is 3. The second-order valence-electron chi connectivity index (χ2n) is 7.18. The van der Waals surface area contributed by atoms with Crippen molar-refractivity contribution in [3.05, 3.63) is 78.4 Å². The summed E-state index contributed by atoms with van der Waals surface area (Å²) in [5.74, 6) is 0.916. The Hall–Kier alpha value is -3.35. The number of aromatic nitrogens is 1. The lowest BCUT2D eigenvalue weighted by molar-refractivity contribution is -0.138. The lowest BCUT2D eigenvalue weighted by atomic mass is 9.94. The van der Waals surface area contributed by atoms with E-state index in [1.165, 1.54) is 6.26 Å². The average molecular weight is 393 g/mol. The number of hydrogen-bond donors (Lipinski definition) is 0. The van der Waals surface area contributed by atoms with Crippen molar-refractivity contribution in [3.8, 4) is 0 Å². The zero-order chi connectivity index (χ0) is 20.1. The van der Waals surface area contributed by atoms with E-state index in [1.54, 1.807) is 35.7 Å². The Morgan fingerprint density at radius 2 is 1.83 bits per heavy atom. The molecule has 7 nitrogen and oxygen atoms in total. The van der Waals surface area contributed by atoms with Gasteiger partial charge < -0.3 is 18.6 Å². The van der Waals surface area contributed by atoms with Crippen molar-refractivity contribution in [1.29, 1.82) is 0 Å². The summed E-state index contributed by atoms with van der Waals surface area (Å²) in [6.07, 6.45) is 7.86. The number of pyridine rings is 1. The third-order valence-electron chi connectivity index (χ3n) is 5.20. The zero-order valence-electron chi connectivity index (χ0n) is 16.1. The van der Waals surface area contributed by atoms with Crippen LogP contribution in [-0.2, 0) is 17.9 Å². The van der Waals surface area contributed by atoms with Crippen molar-refractivity contribution in [1.82, 2.24) is 14.8 Å². The predicted molar refractivity (Wildman–Crippen MR) is 105 cm³/mol. The van der Waals surface area contributed by atoms with E-state index < -0.39 is 0 Å². The van der Waals surface area contributed by atoms with Gasteiger partial charge in [0.2, 0.25) is 5.91 Å². The Kier molecular flexibility index (Phi) is 5.74. The molecule has 0 unspecified atom stereocenters. The van der Waals surface area contributed by atoms with Crippen LogP contribution in [0.1, 0.15) is 34.7 Å². The van der Waals surface area contributed by atoms with Gasteiger partial charge in [-0.1, -0.05) is 6.07 Å². The molecule has 2 amide bonds. The highest BCUT2D eigenvalue weighted by Crippen LogP contribution is 2.23. The first-order chi connectivity index (χ1) is 14.2. The molecule has 0 N–H and O–H groups in total. The SMILES string of the molecule is O=C(c1ccco1)N1CCC(C(=O)N(Cc2cccnc2)Cc2ccco2)CC1. The maximum Gasteiger partial charge on any atom is 0.289 e. The number of carbonyl (C=O) groups is 2. The average Bonchev–Trinajstić information content (AvgIpc) is 3.47.